The fourth-order valence-corrected chi connectivity index (χ4v) is 1.45. The number of aromatic nitrogens is 3. The van der Waals surface area contributed by atoms with Gasteiger partial charge in [0.05, 0.1) is 6.54 Å². The smallest absolute Gasteiger partial charge is 0.252 e. The van der Waals surface area contributed by atoms with Gasteiger partial charge < -0.3 is 14.8 Å². The van der Waals surface area contributed by atoms with Gasteiger partial charge in [-0.15, -0.1) is 0 Å². The molecule has 0 radical (unpaired) electrons. The van der Waals surface area contributed by atoms with E-state index >= 15 is 0 Å². The summed E-state index contributed by atoms with van der Waals surface area (Å²) >= 11 is 0. The number of H-pyrrole nitrogens is 1. The maximum atomic E-state index is 11.3. The van der Waals surface area contributed by atoms with E-state index in [1.807, 2.05) is 19.9 Å². The van der Waals surface area contributed by atoms with Crippen LogP contribution in [0.15, 0.2) is 21.5 Å². The second kappa shape index (κ2) is 4.82. The van der Waals surface area contributed by atoms with Crippen molar-refractivity contribution >= 4 is 5.82 Å². The number of nitrogens with one attached hydrogen (secondary N) is 2. The molecule has 0 fully saturated rings. The van der Waals surface area contributed by atoms with Crippen LogP contribution in [0.25, 0.3) is 0 Å². The summed E-state index contributed by atoms with van der Waals surface area (Å²) in [5.41, 5.74) is 0.623. The normalized spacial score (nSPS) is 10.5. The molecule has 90 valence electrons. The summed E-state index contributed by atoms with van der Waals surface area (Å²) in [5, 5.41) is 6.88. The second-order valence-electron chi connectivity index (χ2n) is 3.71. The summed E-state index contributed by atoms with van der Waals surface area (Å²) in [7, 11) is 0. The molecule has 2 rings (SSSR count). The zero-order chi connectivity index (χ0) is 12.3. The number of anilines is 1. The third-order valence-electron chi connectivity index (χ3n) is 2.25. The first-order valence-electron chi connectivity index (χ1n) is 5.43. The maximum absolute atomic E-state index is 11.3. The van der Waals surface area contributed by atoms with Crippen LogP contribution in [0.3, 0.4) is 0 Å². The Morgan fingerprint density at radius 1 is 1.47 bits per heavy atom. The van der Waals surface area contributed by atoms with Gasteiger partial charge in [0.15, 0.2) is 0 Å². The number of hydrogen-bond acceptors (Lipinski definition) is 5. The molecule has 0 aliphatic carbocycles. The average Bonchev–Trinajstić information content (AvgIpc) is 2.72. The van der Waals surface area contributed by atoms with Crippen molar-refractivity contribution in [2.45, 2.75) is 26.8 Å². The van der Waals surface area contributed by atoms with Crippen molar-refractivity contribution < 1.29 is 4.52 Å². The van der Waals surface area contributed by atoms with E-state index in [4.69, 9.17) is 4.52 Å². The number of nitrogens with zero attached hydrogens (tertiary/aromatic N) is 2. The zero-order valence-corrected chi connectivity index (χ0v) is 9.78. The third kappa shape index (κ3) is 2.93. The van der Waals surface area contributed by atoms with E-state index in [-0.39, 0.29) is 5.56 Å². The molecule has 0 amide bonds. The number of aryl methyl sites for hydroxylation is 2. The Labute approximate surface area is 98.1 Å². The van der Waals surface area contributed by atoms with Gasteiger partial charge in [-0.25, -0.2) is 4.98 Å². The van der Waals surface area contributed by atoms with Gasteiger partial charge in [0.1, 0.15) is 23.1 Å². The van der Waals surface area contributed by atoms with Crippen molar-refractivity contribution in [1.82, 2.24) is 15.1 Å². The van der Waals surface area contributed by atoms with Crippen LogP contribution in [-0.4, -0.2) is 15.1 Å². The van der Waals surface area contributed by atoms with E-state index in [9.17, 15) is 4.79 Å². The van der Waals surface area contributed by atoms with Gasteiger partial charge in [0.25, 0.3) is 5.56 Å². The standard InChI is InChI=1S/C11H14N4O2/c1-3-9-13-10(5-11(16)14-9)12-6-8-4-7(2)17-15-8/h4-5H,3,6H2,1-2H3,(H2,12,13,14,16). The molecule has 0 unspecified atom stereocenters. The van der Waals surface area contributed by atoms with Gasteiger partial charge in [0.2, 0.25) is 0 Å². The molecule has 0 saturated carbocycles. The number of aromatic amines is 1. The summed E-state index contributed by atoms with van der Waals surface area (Å²) in [4.78, 5) is 18.2. The molecular formula is C11H14N4O2. The van der Waals surface area contributed by atoms with Gasteiger partial charge in [0, 0.05) is 18.6 Å². The molecule has 0 atom stereocenters. The molecule has 17 heavy (non-hydrogen) atoms. The van der Waals surface area contributed by atoms with Gasteiger partial charge in [-0.05, 0) is 6.92 Å². The fraction of sp³-hybridized carbons (Fsp3) is 0.364. The lowest BCUT2D eigenvalue weighted by atomic mass is 10.3. The summed E-state index contributed by atoms with van der Waals surface area (Å²) < 4.78 is 4.94. The largest absolute Gasteiger partial charge is 0.364 e. The van der Waals surface area contributed by atoms with Crippen LogP contribution < -0.4 is 10.9 Å². The Hall–Kier alpha value is -2.11. The molecule has 2 aromatic rings. The molecule has 0 saturated heterocycles. The number of rotatable bonds is 4. The lowest BCUT2D eigenvalue weighted by Crippen LogP contribution is -2.13. The van der Waals surface area contributed by atoms with Crippen LogP contribution in [0.5, 0.6) is 0 Å². The molecule has 0 aliphatic rings. The topological polar surface area (TPSA) is 83.8 Å². The highest BCUT2D eigenvalue weighted by Crippen LogP contribution is 2.05. The Morgan fingerprint density at radius 3 is 2.94 bits per heavy atom. The predicted octanol–water partition coefficient (Wildman–Crippen LogP) is 1.24. The van der Waals surface area contributed by atoms with E-state index in [2.05, 4.69) is 20.4 Å². The van der Waals surface area contributed by atoms with E-state index in [1.54, 1.807) is 0 Å². The lowest BCUT2D eigenvalue weighted by molar-refractivity contribution is 0.391. The molecule has 2 N–H and O–H groups in total. The first-order chi connectivity index (χ1) is 8.17. The van der Waals surface area contributed by atoms with Crippen molar-refractivity contribution in [1.29, 1.82) is 0 Å². The van der Waals surface area contributed by atoms with Crippen molar-refractivity contribution in [2.75, 3.05) is 5.32 Å². The van der Waals surface area contributed by atoms with E-state index in [0.29, 0.717) is 24.6 Å². The maximum Gasteiger partial charge on any atom is 0.252 e. The van der Waals surface area contributed by atoms with Gasteiger partial charge >= 0.3 is 0 Å². The van der Waals surface area contributed by atoms with Gasteiger partial charge in [-0.2, -0.15) is 0 Å². The van der Waals surface area contributed by atoms with Gasteiger partial charge in [-0.3, -0.25) is 4.79 Å². The quantitative estimate of drug-likeness (QED) is 0.831. The predicted molar refractivity (Wildman–Crippen MR) is 62.8 cm³/mol. The lowest BCUT2D eigenvalue weighted by Gasteiger charge is -2.03. The molecule has 6 nitrogen and oxygen atoms in total. The molecule has 6 heteroatoms. The van der Waals surface area contributed by atoms with Crippen LogP contribution in [0.2, 0.25) is 0 Å². The Bertz CT molecular complexity index is 559. The van der Waals surface area contributed by atoms with Crippen molar-refractivity contribution in [2.24, 2.45) is 0 Å². The summed E-state index contributed by atoms with van der Waals surface area (Å²) in [6, 6.07) is 3.26. The molecule has 0 aliphatic heterocycles. The minimum Gasteiger partial charge on any atom is -0.364 e. The summed E-state index contributed by atoms with van der Waals surface area (Å²) in [5.74, 6) is 1.97. The molecule has 0 aromatic carbocycles. The monoisotopic (exact) mass is 234 g/mol. The molecule has 2 heterocycles. The molecule has 0 spiro atoms. The SMILES string of the molecule is CCc1nc(NCc2cc(C)on2)cc(=O)[nH]1. The van der Waals surface area contributed by atoms with Crippen LogP contribution in [0.4, 0.5) is 5.82 Å². The Balaban J connectivity index is 2.08. The third-order valence-corrected chi connectivity index (χ3v) is 2.25. The van der Waals surface area contributed by atoms with Gasteiger partial charge in [-0.1, -0.05) is 12.1 Å². The minimum atomic E-state index is -0.157. The van der Waals surface area contributed by atoms with Crippen LogP contribution in [0, 0.1) is 6.92 Å². The first-order valence-corrected chi connectivity index (χ1v) is 5.43. The minimum absolute atomic E-state index is 0.157. The van der Waals surface area contributed by atoms with E-state index in [0.717, 1.165) is 11.5 Å². The van der Waals surface area contributed by atoms with Crippen LogP contribution in [-0.2, 0) is 13.0 Å². The summed E-state index contributed by atoms with van der Waals surface area (Å²) in [6.07, 6.45) is 0.688. The highest BCUT2D eigenvalue weighted by Gasteiger charge is 2.02. The second-order valence-corrected chi connectivity index (χ2v) is 3.71. The number of hydrogen-bond donors (Lipinski definition) is 2. The van der Waals surface area contributed by atoms with E-state index < -0.39 is 0 Å². The highest BCUT2D eigenvalue weighted by molar-refractivity contribution is 5.33. The fourth-order valence-electron chi connectivity index (χ4n) is 1.45. The van der Waals surface area contributed by atoms with Crippen molar-refractivity contribution in [3.05, 3.63) is 39.8 Å². The van der Waals surface area contributed by atoms with E-state index in [1.165, 1.54) is 6.07 Å². The molecule has 2 aromatic heterocycles. The molecular weight excluding hydrogens is 220 g/mol. The average molecular weight is 234 g/mol. The Morgan fingerprint density at radius 2 is 2.29 bits per heavy atom. The van der Waals surface area contributed by atoms with Crippen molar-refractivity contribution in [3.63, 3.8) is 0 Å². The summed E-state index contributed by atoms with van der Waals surface area (Å²) in [6.45, 7) is 4.25. The Kier molecular flexibility index (Phi) is 3.22. The van der Waals surface area contributed by atoms with Crippen LogP contribution in [0.1, 0.15) is 24.2 Å². The zero-order valence-electron chi connectivity index (χ0n) is 9.78. The highest BCUT2D eigenvalue weighted by atomic mass is 16.5. The molecule has 0 bridgehead atoms. The van der Waals surface area contributed by atoms with Crippen LogP contribution >= 0.6 is 0 Å². The first kappa shape index (κ1) is 11.4. The van der Waals surface area contributed by atoms with Crippen molar-refractivity contribution in [3.8, 4) is 0 Å².